The molecule has 0 amide bonds. The largest absolute Gasteiger partial charge is 0.456 e. The molecule has 2 aromatic heterocycles. The number of benzene rings is 10. The van der Waals surface area contributed by atoms with Crippen molar-refractivity contribution in [2.45, 2.75) is 5.41 Å². The minimum Gasteiger partial charge on any atom is -0.456 e. The van der Waals surface area contributed by atoms with Gasteiger partial charge in [0.25, 0.3) is 0 Å². The van der Waals surface area contributed by atoms with Crippen LogP contribution in [0.3, 0.4) is 0 Å². The number of hydrogen-bond acceptors (Lipinski definition) is 3. The Hall–Kier alpha value is -8.40. The molecule has 3 nitrogen and oxygen atoms in total. The Kier molecular flexibility index (Phi) is 7.32. The zero-order valence-electron chi connectivity index (χ0n) is 34.6. The predicted octanol–water partition coefficient (Wildman–Crippen LogP) is 16.6. The van der Waals surface area contributed by atoms with Crippen molar-refractivity contribution in [3.8, 4) is 44.5 Å². The van der Waals surface area contributed by atoms with Crippen LogP contribution in [0.5, 0.6) is 0 Å². The van der Waals surface area contributed by atoms with E-state index in [9.17, 15) is 0 Å². The monoisotopic (exact) mass is 815 g/mol. The standard InChI is InChI=1S/C61H37NO2/c1-2-16-38(17-3-1)41-18-8-13-27-55(41)62(39-31-35-58-50(36-39)47-23-10-14-28-56(47)63-58)40-30-32-45-43-20-5-4-19-42(43)44-21-6-11-25-51(44)61(54(45)37-40)52-26-12-7-24-49(52)59-53(61)34-33-48-46-22-9-15-29-57(46)64-60(48)59/h1-37H. The van der Waals surface area contributed by atoms with Crippen molar-refractivity contribution < 1.29 is 8.83 Å². The maximum Gasteiger partial charge on any atom is 0.143 e. The molecule has 0 N–H and O–H groups in total. The minimum absolute atomic E-state index is 0.713. The summed E-state index contributed by atoms with van der Waals surface area (Å²) in [5, 5.41) is 4.44. The number of anilines is 3. The summed E-state index contributed by atoms with van der Waals surface area (Å²) in [6.07, 6.45) is 0. The number of rotatable bonds is 4. The Labute approximate surface area is 369 Å². The van der Waals surface area contributed by atoms with Gasteiger partial charge in [0, 0.05) is 44.0 Å². The average molecular weight is 816 g/mol. The van der Waals surface area contributed by atoms with Gasteiger partial charge in [-0.2, -0.15) is 0 Å². The molecule has 14 rings (SSSR count). The molecule has 0 saturated heterocycles. The zero-order chi connectivity index (χ0) is 41.9. The van der Waals surface area contributed by atoms with Crippen LogP contribution in [0.25, 0.3) is 88.4 Å². The van der Waals surface area contributed by atoms with Crippen LogP contribution in [0.4, 0.5) is 17.1 Å². The van der Waals surface area contributed by atoms with Gasteiger partial charge in [0.15, 0.2) is 0 Å². The first kappa shape index (κ1) is 35.2. The van der Waals surface area contributed by atoms with Crippen LogP contribution in [-0.4, -0.2) is 0 Å². The summed E-state index contributed by atoms with van der Waals surface area (Å²) in [6.45, 7) is 0. The van der Waals surface area contributed by atoms with E-state index in [1.54, 1.807) is 0 Å². The van der Waals surface area contributed by atoms with Gasteiger partial charge in [-0.05, 0) is 104 Å². The molecule has 1 spiro atoms. The summed E-state index contributed by atoms with van der Waals surface area (Å²) in [5.74, 6) is 0. The molecule has 2 aliphatic carbocycles. The molecule has 2 aliphatic rings. The summed E-state index contributed by atoms with van der Waals surface area (Å²) >= 11 is 0. The first-order valence-corrected chi connectivity index (χ1v) is 22.0. The van der Waals surface area contributed by atoms with Gasteiger partial charge < -0.3 is 13.7 Å². The maximum atomic E-state index is 6.93. The van der Waals surface area contributed by atoms with Crippen LogP contribution in [0.1, 0.15) is 22.3 Å². The zero-order valence-corrected chi connectivity index (χ0v) is 34.6. The van der Waals surface area contributed by atoms with E-state index in [0.717, 1.165) is 77.6 Å². The van der Waals surface area contributed by atoms with Crippen LogP contribution >= 0.6 is 0 Å². The molecule has 10 aromatic carbocycles. The second-order valence-electron chi connectivity index (χ2n) is 17.1. The van der Waals surface area contributed by atoms with Gasteiger partial charge in [-0.3, -0.25) is 0 Å². The van der Waals surface area contributed by atoms with Crippen LogP contribution in [-0.2, 0) is 5.41 Å². The number of hydrogen-bond donors (Lipinski definition) is 0. The quantitative estimate of drug-likeness (QED) is 0.177. The first-order chi connectivity index (χ1) is 31.8. The summed E-state index contributed by atoms with van der Waals surface area (Å²) in [6, 6.07) is 81.8. The van der Waals surface area contributed by atoms with Crippen LogP contribution < -0.4 is 4.90 Å². The second-order valence-corrected chi connectivity index (χ2v) is 17.1. The second kappa shape index (κ2) is 13.3. The van der Waals surface area contributed by atoms with E-state index < -0.39 is 5.41 Å². The van der Waals surface area contributed by atoms with Crippen LogP contribution in [0.2, 0.25) is 0 Å². The van der Waals surface area contributed by atoms with Gasteiger partial charge in [0.2, 0.25) is 0 Å². The molecule has 12 aromatic rings. The summed E-state index contributed by atoms with van der Waals surface area (Å²) in [7, 11) is 0. The van der Waals surface area contributed by atoms with Crippen LogP contribution in [0.15, 0.2) is 233 Å². The van der Waals surface area contributed by atoms with Crippen LogP contribution in [0, 0.1) is 0 Å². The summed E-state index contributed by atoms with van der Waals surface area (Å²) < 4.78 is 13.3. The van der Waals surface area contributed by atoms with Crippen molar-refractivity contribution in [2.24, 2.45) is 0 Å². The summed E-state index contributed by atoms with van der Waals surface area (Å²) in [5.41, 5.74) is 20.5. The maximum absolute atomic E-state index is 6.93. The van der Waals surface area contributed by atoms with E-state index in [0.29, 0.717) is 0 Å². The van der Waals surface area contributed by atoms with Gasteiger partial charge in [0.1, 0.15) is 22.3 Å². The SMILES string of the molecule is c1ccc(-c2ccccc2N(c2ccc3c(c2)C2(c4ccccc4-c4ccccc4-3)c3ccccc3-c3c2ccc2c3oc3ccccc32)c2ccc3oc4ccccc4c3c2)cc1. The highest BCUT2D eigenvalue weighted by molar-refractivity contribution is 6.13. The van der Waals surface area contributed by atoms with E-state index in [1.165, 1.54) is 50.1 Å². The lowest BCUT2D eigenvalue weighted by atomic mass is 9.65. The van der Waals surface area contributed by atoms with Gasteiger partial charge in [-0.15, -0.1) is 0 Å². The minimum atomic E-state index is -0.713. The van der Waals surface area contributed by atoms with Gasteiger partial charge in [0.05, 0.1) is 11.1 Å². The molecular formula is C61H37NO2. The molecule has 0 bridgehead atoms. The third-order valence-electron chi connectivity index (χ3n) is 13.9. The van der Waals surface area contributed by atoms with Crippen molar-refractivity contribution in [2.75, 3.05) is 4.90 Å². The summed E-state index contributed by atoms with van der Waals surface area (Å²) in [4.78, 5) is 2.45. The van der Waals surface area contributed by atoms with Gasteiger partial charge >= 0.3 is 0 Å². The van der Waals surface area contributed by atoms with E-state index in [4.69, 9.17) is 8.83 Å². The molecule has 64 heavy (non-hydrogen) atoms. The topological polar surface area (TPSA) is 29.5 Å². The number of furan rings is 2. The average Bonchev–Trinajstić information content (AvgIpc) is 4.01. The molecule has 3 heteroatoms. The molecule has 2 heterocycles. The number of nitrogens with zero attached hydrogens (tertiary/aromatic N) is 1. The Morgan fingerprint density at radius 3 is 1.64 bits per heavy atom. The molecule has 0 saturated carbocycles. The van der Waals surface area contributed by atoms with E-state index >= 15 is 0 Å². The van der Waals surface area contributed by atoms with Crippen molar-refractivity contribution in [3.05, 3.63) is 247 Å². The molecule has 298 valence electrons. The molecule has 0 radical (unpaired) electrons. The fourth-order valence-electron chi connectivity index (χ4n) is 11.3. The fraction of sp³-hybridized carbons (Fsp3) is 0.0164. The van der Waals surface area contributed by atoms with E-state index in [1.807, 2.05) is 6.07 Å². The lowest BCUT2D eigenvalue weighted by Crippen LogP contribution is -2.29. The first-order valence-electron chi connectivity index (χ1n) is 22.0. The number of para-hydroxylation sites is 3. The van der Waals surface area contributed by atoms with Crippen molar-refractivity contribution in [1.29, 1.82) is 0 Å². The molecule has 1 unspecified atom stereocenters. The Balaban J connectivity index is 1.12. The highest BCUT2D eigenvalue weighted by atomic mass is 16.3. The Bertz CT molecular complexity index is 3870. The van der Waals surface area contributed by atoms with Gasteiger partial charge in [-0.1, -0.05) is 176 Å². The third-order valence-corrected chi connectivity index (χ3v) is 13.9. The molecular weight excluding hydrogens is 779 g/mol. The number of fused-ring (bicyclic) bond motifs is 19. The highest BCUT2D eigenvalue weighted by Crippen LogP contribution is 2.63. The van der Waals surface area contributed by atoms with E-state index in [-0.39, 0.29) is 0 Å². The van der Waals surface area contributed by atoms with Crippen molar-refractivity contribution >= 4 is 60.9 Å². The molecule has 1 atom stereocenters. The lowest BCUT2D eigenvalue weighted by molar-refractivity contribution is 0.668. The highest BCUT2D eigenvalue weighted by Gasteiger charge is 2.51. The Morgan fingerprint density at radius 2 is 0.859 bits per heavy atom. The van der Waals surface area contributed by atoms with Crippen molar-refractivity contribution in [3.63, 3.8) is 0 Å². The Morgan fingerprint density at radius 1 is 0.312 bits per heavy atom. The molecule has 0 aliphatic heterocycles. The normalized spacial score (nSPS) is 14.6. The van der Waals surface area contributed by atoms with E-state index in [2.05, 4.69) is 223 Å². The predicted molar refractivity (Wildman–Crippen MR) is 263 cm³/mol. The lowest BCUT2D eigenvalue weighted by Gasteiger charge is -2.36. The van der Waals surface area contributed by atoms with Gasteiger partial charge in [-0.25, -0.2) is 0 Å². The third kappa shape index (κ3) is 4.76. The fourth-order valence-corrected chi connectivity index (χ4v) is 11.3. The van der Waals surface area contributed by atoms with Crippen molar-refractivity contribution in [1.82, 2.24) is 0 Å². The molecule has 0 fully saturated rings. The smallest absolute Gasteiger partial charge is 0.143 e.